The van der Waals surface area contributed by atoms with Crippen molar-refractivity contribution in [2.75, 3.05) is 26.2 Å². The zero-order chi connectivity index (χ0) is 8.16. The van der Waals surface area contributed by atoms with Crippen LogP contribution in [0.2, 0.25) is 0 Å². The van der Waals surface area contributed by atoms with Crippen molar-refractivity contribution in [1.82, 2.24) is 0 Å². The second kappa shape index (κ2) is 5.82. The van der Waals surface area contributed by atoms with E-state index < -0.39 is 0 Å². The molecule has 0 amide bonds. The highest BCUT2D eigenvalue weighted by atomic mass is 35.5. The van der Waals surface area contributed by atoms with E-state index in [4.69, 9.17) is 0 Å². The number of quaternary nitrogens is 1. The lowest BCUT2D eigenvalue weighted by molar-refractivity contribution is -0.916. The number of hydrogen-bond acceptors (Lipinski definition) is 0. The van der Waals surface area contributed by atoms with Gasteiger partial charge >= 0.3 is 0 Å². The van der Waals surface area contributed by atoms with Gasteiger partial charge in [-0.2, -0.15) is 0 Å². The van der Waals surface area contributed by atoms with Crippen LogP contribution in [0.3, 0.4) is 0 Å². The van der Waals surface area contributed by atoms with Crippen LogP contribution in [0, 0.1) is 0 Å². The van der Waals surface area contributed by atoms with Gasteiger partial charge in [0.05, 0.1) is 26.2 Å². The maximum Gasteiger partial charge on any atom is 0.0788 e. The molecular weight excluding hydrogens is 170 g/mol. The van der Waals surface area contributed by atoms with E-state index in [0.29, 0.717) is 0 Å². The Morgan fingerprint density at radius 1 is 0.917 bits per heavy atom. The fourth-order valence-electron chi connectivity index (χ4n) is 2.51. The molecule has 0 radical (unpaired) electrons. The number of hydrogen-bond donors (Lipinski definition) is 0. The van der Waals surface area contributed by atoms with Crippen molar-refractivity contribution < 1.29 is 16.9 Å². The van der Waals surface area contributed by atoms with Crippen LogP contribution in [0.25, 0.3) is 0 Å². The summed E-state index contributed by atoms with van der Waals surface area (Å²) >= 11 is 0. The first-order chi connectivity index (χ1) is 5.33. The molecule has 1 aliphatic heterocycles. The van der Waals surface area contributed by atoms with Crippen molar-refractivity contribution in [3.8, 4) is 0 Å². The van der Waals surface area contributed by atoms with Crippen molar-refractivity contribution >= 4 is 0 Å². The van der Waals surface area contributed by atoms with Crippen molar-refractivity contribution in [3.63, 3.8) is 0 Å². The number of nitrogens with zero attached hydrogens (tertiary/aromatic N) is 1. The first-order valence-corrected chi connectivity index (χ1v) is 5.18. The number of likely N-dealkylation sites (tertiary alicyclic amines) is 1. The smallest absolute Gasteiger partial charge is 0.0788 e. The highest BCUT2D eigenvalue weighted by molar-refractivity contribution is 4.54. The molecule has 0 aromatic rings. The minimum absolute atomic E-state index is 0. The molecule has 12 heavy (non-hydrogen) atoms. The Hall–Kier alpha value is 0.250. The van der Waals surface area contributed by atoms with Gasteiger partial charge in [-0.1, -0.05) is 13.8 Å². The highest BCUT2D eigenvalue weighted by Crippen LogP contribution is 2.20. The van der Waals surface area contributed by atoms with Gasteiger partial charge in [0.1, 0.15) is 0 Å². The third kappa shape index (κ3) is 2.95. The Balaban J connectivity index is 0.00000121. The lowest BCUT2D eigenvalue weighted by Gasteiger charge is -2.33. The van der Waals surface area contributed by atoms with Crippen LogP contribution in [-0.2, 0) is 0 Å². The van der Waals surface area contributed by atoms with E-state index in [1.807, 2.05) is 0 Å². The van der Waals surface area contributed by atoms with Gasteiger partial charge in [-0.15, -0.1) is 0 Å². The van der Waals surface area contributed by atoms with Crippen molar-refractivity contribution in [2.24, 2.45) is 0 Å². The molecule has 1 fully saturated rings. The maximum atomic E-state index is 2.31. The van der Waals surface area contributed by atoms with E-state index >= 15 is 0 Å². The molecule has 0 spiro atoms. The van der Waals surface area contributed by atoms with Gasteiger partial charge in [0.25, 0.3) is 0 Å². The summed E-state index contributed by atoms with van der Waals surface area (Å²) in [6, 6.07) is 0. The summed E-state index contributed by atoms with van der Waals surface area (Å²) in [5.41, 5.74) is 0. The van der Waals surface area contributed by atoms with Gasteiger partial charge < -0.3 is 16.9 Å². The molecule has 0 aromatic carbocycles. The zero-order valence-corrected chi connectivity index (χ0v) is 9.24. The third-order valence-corrected chi connectivity index (χ3v) is 2.91. The number of halogens is 1. The summed E-state index contributed by atoms with van der Waals surface area (Å²) in [5, 5.41) is 0. The zero-order valence-electron chi connectivity index (χ0n) is 8.48. The predicted octanol–water partition coefficient (Wildman–Crippen LogP) is -0.579. The van der Waals surface area contributed by atoms with E-state index in [1.165, 1.54) is 56.3 Å². The molecule has 1 rings (SSSR count). The molecule has 1 aliphatic rings. The topological polar surface area (TPSA) is 0 Å². The Morgan fingerprint density at radius 3 is 1.67 bits per heavy atom. The fraction of sp³-hybridized carbons (Fsp3) is 1.00. The molecule has 0 N–H and O–H groups in total. The number of rotatable bonds is 4. The van der Waals surface area contributed by atoms with Gasteiger partial charge in [0.15, 0.2) is 0 Å². The van der Waals surface area contributed by atoms with Crippen LogP contribution in [0.15, 0.2) is 0 Å². The molecule has 0 saturated carbocycles. The molecule has 74 valence electrons. The van der Waals surface area contributed by atoms with E-state index in [0.717, 1.165) is 0 Å². The lowest BCUT2D eigenvalue weighted by Crippen LogP contribution is -3.00. The van der Waals surface area contributed by atoms with E-state index in [1.54, 1.807) is 0 Å². The van der Waals surface area contributed by atoms with Crippen molar-refractivity contribution in [2.45, 2.75) is 39.5 Å². The van der Waals surface area contributed by atoms with Crippen LogP contribution in [0.1, 0.15) is 39.5 Å². The van der Waals surface area contributed by atoms with Gasteiger partial charge in [-0.3, -0.25) is 0 Å². The lowest BCUT2D eigenvalue weighted by atomic mass is 10.3. The Bertz CT molecular complexity index is 100. The van der Waals surface area contributed by atoms with Gasteiger partial charge in [0, 0.05) is 12.8 Å². The standard InChI is InChI=1S/C10H22N.ClH/c1-3-7-11(8-4-2)9-5-6-10-11;/h3-10H2,1-2H3;1H/q+1;/p-1. The first kappa shape index (κ1) is 12.2. The summed E-state index contributed by atoms with van der Waals surface area (Å²) in [7, 11) is 0. The Labute approximate surface area is 83.1 Å². The fourth-order valence-corrected chi connectivity index (χ4v) is 2.51. The minimum Gasteiger partial charge on any atom is -1.00 e. The van der Waals surface area contributed by atoms with Gasteiger partial charge in [-0.05, 0) is 12.8 Å². The summed E-state index contributed by atoms with van der Waals surface area (Å²) in [6.45, 7) is 10.4. The summed E-state index contributed by atoms with van der Waals surface area (Å²) in [5.74, 6) is 0. The molecule has 0 aliphatic carbocycles. The van der Waals surface area contributed by atoms with Crippen LogP contribution in [0.5, 0.6) is 0 Å². The van der Waals surface area contributed by atoms with Crippen molar-refractivity contribution in [1.29, 1.82) is 0 Å². The quantitative estimate of drug-likeness (QED) is 0.522. The average Bonchev–Trinajstić information content (AvgIpc) is 2.39. The van der Waals surface area contributed by atoms with Crippen LogP contribution in [0.4, 0.5) is 0 Å². The maximum absolute atomic E-state index is 2.31. The summed E-state index contributed by atoms with van der Waals surface area (Å²) < 4.78 is 1.44. The summed E-state index contributed by atoms with van der Waals surface area (Å²) in [4.78, 5) is 0. The molecule has 0 atom stereocenters. The van der Waals surface area contributed by atoms with E-state index in [9.17, 15) is 0 Å². The van der Waals surface area contributed by atoms with Gasteiger partial charge in [-0.25, -0.2) is 0 Å². The van der Waals surface area contributed by atoms with Crippen molar-refractivity contribution in [3.05, 3.63) is 0 Å². The molecular formula is C10H22ClN. The Morgan fingerprint density at radius 2 is 1.33 bits per heavy atom. The largest absolute Gasteiger partial charge is 1.00 e. The molecule has 1 saturated heterocycles. The molecule has 2 heteroatoms. The molecule has 1 nitrogen and oxygen atoms in total. The van der Waals surface area contributed by atoms with Crippen LogP contribution < -0.4 is 12.4 Å². The Kier molecular flexibility index (Phi) is 5.94. The predicted molar refractivity (Wildman–Crippen MR) is 49.5 cm³/mol. The SMILES string of the molecule is CCC[N+]1(CCC)CCCC1.[Cl-]. The second-order valence-electron chi connectivity index (χ2n) is 3.94. The molecule has 0 aromatic heterocycles. The molecule has 0 bridgehead atoms. The normalized spacial score (nSPS) is 20.5. The van der Waals surface area contributed by atoms with Crippen LogP contribution >= 0.6 is 0 Å². The molecule has 0 unspecified atom stereocenters. The minimum atomic E-state index is 0. The monoisotopic (exact) mass is 191 g/mol. The van der Waals surface area contributed by atoms with E-state index in [-0.39, 0.29) is 12.4 Å². The van der Waals surface area contributed by atoms with E-state index in [2.05, 4.69) is 13.8 Å². The highest BCUT2D eigenvalue weighted by Gasteiger charge is 2.29. The van der Waals surface area contributed by atoms with Crippen LogP contribution in [-0.4, -0.2) is 30.7 Å². The first-order valence-electron chi connectivity index (χ1n) is 5.18. The van der Waals surface area contributed by atoms with Gasteiger partial charge in [0.2, 0.25) is 0 Å². The average molecular weight is 192 g/mol. The third-order valence-electron chi connectivity index (χ3n) is 2.91. The second-order valence-corrected chi connectivity index (χ2v) is 3.94. The summed E-state index contributed by atoms with van der Waals surface area (Å²) in [6.07, 6.45) is 5.67. The molecule has 1 heterocycles.